The lowest BCUT2D eigenvalue weighted by Gasteiger charge is -2.25. The first-order valence-electron chi connectivity index (χ1n) is 10.8. The van der Waals surface area contributed by atoms with Gasteiger partial charge in [0, 0.05) is 13.1 Å². The number of imidazole rings is 1. The fourth-order valence-electron chi connectivity index (χ4n) is 3.58. The number of hydrogen-bond donors (Lipinski definition) is 1. The summed E-state index contributed by atoms with van der Waals surface area (Å²) in [6, 6.07) is 17.3. The van der Waals surface area contributed by atoms with E-state index in [1.165, 1.54) is 0 Å². The van der Waals surface area contributed by atoms with Gasteiger partial charge in [-0.1, -0.05) is 60.7 Å². The monoisotopic (exact) mass is 482 g/mol. The van der Waals surface area contributed by atoms with E-state index in [1.807, 2.05) is 73.3 Å². The van der Waals surface area contributed by atoms with Crippen molar-refractivity contribution in [1.29, 1.82) is 0 Å². The number of aromatic nitrogens is 2. The topological polar surface area (TPSA) is 67.2 Å². The molecule has 6 nitrogen and oxygen atoms in total. The highest BCUT2D eigenvalue weighted by atomic mass is 32.2. The Morgan fingerprint density at radius 3 is 2.55 bits per heavy atom. The van der Waals surface area contributed by atoms with Crippen molar-refractivity contribution in [2.75, 3.05) is 13.1 Å². The van der Waals surface area contributed by atoms with Crippen molar-refractivity contribution in [3.8, 4) is 0 Å². The number of nitrogens with zero attached hydrogens (tertiary/aromatic N) is 3. The number of sulfone groups is 1. The van der Waals surface area contributed by atoms with Crippen molar-refractivity contribution in [2.45, 2.75) is 37.8 Å². The van der Waals surface area contributed by atoms with Gasteiger partial charge in [-0.25, -0.2) is 13.4 Å². The van der Waals surface area contributed by atoms with Gasteiger partial charge in [0.25, 0.3) is 0 Å². The molecule has 1 aromatic heterocycles. The lowest BCUT2D eigenvalue weighted by atomic mass is 10.1. The van der Waals surface area contributed by atoms with Crippen LogP contribution in [0.4, 0.5) is 0 Å². The summed E-state index contributed by atoms with van der Waals surface area (Å²) in [7, 11) is -3.68. The van der Waals surface area contributed by atoms with Crippen molar-refractivity contribution in [3.63, 3.8) is 0 Å². The third-order valence-corrected chi connectivity index (χ3v) is 7.26. The van der Waals surface area contributed by atoms with E-state index < -0.39 is 9.84 Å². The first-order valence-corrected chi connectivity index (χ1v) is 12.9. The minimum atomic E-state index is -3.68. The quantitative estimate of drug-likeness (QED) is 0.347. The highest BCUT2D eigenvalue weighted by Gasteiger charge is 2.25. The molecule has 33 heavy (non-hydrogen) atoms. The zero-order valence-corrected chi connectivity index (χ0v) is 20.7. The predicted molar refractivity (Wildman–Crippen MR) is 137 cm³/mol. The molecule has 0 atom stereocenters. The molecule has 3 aromatic rings. The third-order valence-electron chi connectivity index (χ3n) is 5.29. The molecule has 0 amide bonds. The Hall–Kier alpha value is -2.97. The first-order chi connectivity index (χ1) is 15.9. The highest BCUT2D eigenvalue weighted by molar-refractivity contribution is 7.90. The van der Waals surface area contributed by atoms with Gasteiger partial charge in [0.05, 0.1) is 30.7 Å². The molecule has 0 radical (unpaired) electrons. The van der Waals surface area contributed by atoms with Gasteiger partial charge in [0.15, 0.2) is 5.11 Å². The Morgan fingerprint density at radius 2 is 1.88 bits per heavy atom. The molecular formula is C25H30N4O2S2. The molecule has 2 aromatic carbocycles. The SMILES string of the molecule is C=CCN(Cc1cnc(S(=O)(=O)Cc2ccccc2C)n1Cc1ccccc1)C(=S)NCC. The highest BCUT2D eigenvalue weighted by Crippen LogP contribution is 2.22. The van der Waals surface area contributed by atoms with Gasteiger partial charge >= 0.3 is 0 Å². The molecule has 8 heteroatoms. The smallest absolute Gasteiger partial charge is 0.228 e. The molecule has 0 saturated heterocycles. The molecule has 3 rings (SSSR count). The van der Waals surface area contributed by atoms with Crippen molar-refractivity contribution in [3.05, 3.63) is 95.8 Å². The molecule has 1 N–H and O–H groups in total. The lowest BCUT2D eigenvalue weighted by molar-refractivity contribution is 0.428. The summed E-state index contributed by atoms with van der Waals surface area (Å²) in [6.07, 6.45) is 3.41. The number of thiocarbonyl (C=S) groups is 1. The van der Waals surface area contributed by atoms with Gasteiger partial charge in [-0.15, -0.1) is 6.58 Å². The number of nitrogens with one attached hydrogen (secondary N) is 1. The maximum Gasteiger partial charge on any atom is 0.228 e. The summed E-state index contributed by atoms with van der Waals surface area (Å²) in [5.74, 6) is -0.100. The van der Waals surface area contributed by atoms with Crippen LogP contribution in [0.25, 0.3) is 0 Å². The van der Waals surface area contributed by atoms with Gasteiger partial charge in [0.2, 0.25) is 15.0 Å². The van der Waals surface area contributed by atoms with E-state index in [-0.39, 0.29) is 10.9 Å². The average Bonchev–Trinajstić information content (AvgIpc) is 3.19. The van der Waals surface area contributed by atoms with Gasteiger partial charge in [-0.2, -0.15) is 0 Å². The normalized spacial score (nSPS) is 11.2. The van der Waals surface area contributed by atoms with Crippen LogP contribution in [-0.2, 0) is 28.7 Å². The van der Waals surface area contributed by atoms with E-state index in [0.717, 1.165) is 22.4 Å². The molecule has 0 bridgehead atoms. The van der Waals surface area contributed by atoms with E-state index >= 15 is 0 Å². The summed E-state index contributed by atoms with van der Waals surface area (Å²) in [5, 5.41) is 3.82. The van der Waals surface area contributed by atoms with E-state index in [2.05, 4.69) is 16.9 Å². The van der Waals surface area contributed by atoms with Crippen LogP contribution in [0.15, 0.2) is 78.6 Å². The van der Waals surface area contributed by atoms with E-state index in [0.29, 0.717) is 31.3 Å². The standard InChI is InChI=1S/C25H30N4O2S2/c1-4-15-28(24(32)26-5-2)18-23-16-27-25(29(23)17-21-12-7-6-8-13-21)33(30,31)19-22-14-10-9-11-20(22)3/h4,6-14,16H,1,5,15,17-19H2,2-3H3,(H,26,32). The van der Waals surface area contributed by atoms with Gasteiger partial charge in [0.1, 0.15) is 0 Å². The summed E-state index contributed by atoms with van der Waals surface area (Å²) in [6.45, 7) is 9.77. The Morgan fingerprint density at radius 1 is 1.18 bits per heavy atom. The summed E-state index contributed by atoms with van der Waals surface area (Å²) in [4.78, 5) is 6.33. The zero-order valence-electron chi connectivity index (χ0n) is 19.1. The molecule has 0 aliphatic rings. The Bertz CT molecular complexity index is 1200. The summed E-state index contributed by atoms with van der Waals surface area (Å²) >= 11 is 5.51. The second-order valence-corrected chi connectivity index (χ2v) is 10.1. The maximum absolute atomic E-state index is 13.5. The summed E-state index contributed by atoms with van der Waals surface area (Å²) < 4.78 is 28.7. The van der Waals surface area contributed by atoms with Crippen molar-refractivity contribution < 1.29 is 8.42 Å². The minimum Gasteiger partial charge on any atom is -0.363 e. The first kappa shape index (κ1) is 24.7. The van der Waals surface area contributed by atoms with Crippen LogP contribution in [0.2, 0.25) is 0 Å². The second kappa shape index (κ2) is 11.2. The molecule has 0 aliphatic carbocycles. The zero-order chi connectivity index (χ0) is 23.8. The lowest BCUT2D eigenvalue weighted by Crippen LogP contribution is -2.39. The van der Waals surface area contributed by atoms with Crippen LogP contribution in [0.5, 0.6) is 0 Å². The number of rotatable bonds is 10. The van der Waals surface area contributed by atoms with Gasteiger partial charge < -0.3 is 14.8 Å². The Balaban J connectivity index is 2.01. The van der Waals surface area contributed by atoms with E-state index in [4.69, 9.17) is 12.2 Å². The van der Waals surface area contributed by atoms with Crippen LogP contribution < -0.4 is 5.32 Å². The Labute approximate surface area is 201 Å². The van der Waals surface area contributed by atoms with Crippen LogP contribution in [0, 0.1) is 6.92 Å². The number of benzene rings is 2. The fraction of sp³-hybridized carbons (Fsp3) is 0.280. The van der Waals surface area contributed by atoms with Crippen LogP contribution >= 0.6 is 12.2 Å². The van der Waals surface area contributed by atoms with Gasteiger partial charge in [-0.3, -0.25) is 0 Å². The third kappa shape index (κ3) is 6.30. The van der Waals surface area contributed by atoms with Crippen molar-refractivity contribution in [1.82, 2.24) is 19.8 Å². The van der Waals surface area contributed by atoms with Crippen LogP contribution in [0.3, 0.4) is 0 Å². The molecule has 1 heterocycles. The molecule has 174 valence electrons. The van der Waals surface area contributed by atoms with Crippen molar-refractivity contribution in [2.24, 2.45) is 0 Å². The van der Waals surface area contributed by atoms with Crippen LogP contribution in [0.1, 0.15) is 29.3 Å². The maximum atomic E-state index is 13.5. The number of aryl methyl sites for hydroxylation is 1. The molecule has 0 fully saturated rings. The number of hydrogen-bond acceptors (Lipinski definition) is 4. The van der Waals surface area contributed by atoms with E-state index in [1.54, 1.807) is 16.8 Å². The molecule has 0 spiro atoms. The predicted octanol–water partition coefficient (Wildman–Crippen LogP) is 4.10. The van der Waals surface area contributed by atoms with Gasteiger partial charge in [-0.05, 0) is 42.8 Å². The second-order valence-electron chi connectivity index (χ2n) is 7.79. The molecular weight excluding hydrogens is 452 g/mol. The largest absolute Gasteiger partial charge is 0.363 e. The molecule has 0 saturated carbocycles. The summed E-state index contributed by atoms with van der Waals surface area (Å²) in [5.41, 5.74) is 3.48. The molecule has 0 aliphatic heterocycles. The Kier molecular flexibility index (Phi) is 8.41. The molecule has 0 unspecified atom stereocenters. The minimum absolute atomic E-state index is 0.0672. The van der Waals surface area contributed by atoms with E-state index in [9.17, 15) is 8.42 Å². The fourth-order valence-corrected chi connectivity index (χ4v) is 5.45. The van der Waals surface area contributed by atoms with Crippen LogP contribution in [-0.4, -0.2) is 41.1 Å². The average molecular weight is 483 g/mol. The van der Waals surface area contributed by atoms with Crippen molar-refractivity contribution >= 4 is 27.2 Å².